The summed E-state index contributed by atoms with van der Waals surface area (Å²) in [6.45, 7) is 10.6. The Hall–Kier alpha value is -2.21. The molecule has 0 aliphatic carbocycles. The van der Waals surface area contributed by atoms with Crippen LogP contribution in [0.2, 0.25) is 0 Å². The SMILES string of the molecule is CN1CCN(c2cnnc(Nc3ccccc3C(C)(C)C)n2)CC1. The molecule has 0 spiro atoms. The zero-order valence-electron chi connectivity index (χ0n) is 15.0. The fourth-order valence-electron chi connectivity index (χ4n) is 2.90. The predicted molar refractivity (Wildman–Crippen MR) is 98.0 cm³/mol. The van der Waals surface area contributed by atoms with Gasteiger partial charge in [-0.3, -0.25) is 0 Å². The van der Waals surface area contributed by atoms with Crippen molar-refractivity contribution in [2.45, 2.75) is 26.2 Å². The molecule has 1 fully saturated rings. The standard InChI is InChI=1S/C18H26N6/c1-18(2,3)14-7-5-6-8-15(14)20-17-21-16(13-19-22-17)24-11-9-23(4)10-12-24/h5-8,13H,9-12H2,1-4H3,(H,20,21,22). The van der Waals surface area contributed by atoms with E-state index in [9.17, 15) is 0 Å². The molecule has 1 aliphatic heterocycles. The van der Waals surface area contributed by atoms with Crippen molar-refractivity contribution >= 4 is 17.5 Å². The normalized spacial score (nSPS) is 16.2. The summed E-state index contributed by atoms with van der Waals surface area (Å²) in [4.78, 5) is 9.25. The van der Waals surface area contributed by atoms with E-state index >= 15 is 0 Å². The molecular weight excluding hydrogens is 300 g/mol. The largest absolute Gasteiger partial charge is 0.353 e. The summed E-state index contributed by atoms with van der Waals surface area (Å²) >= 11 is 0. The Bertz CT molecular complexity index is 686. The number of anilines is 3. The quantitative estimate of drug-likeness (QED) is 0.936. The van der Waals surface area contributed by atoms with Gasteiger partial charge in [-0.1, -0.05) is 39.0 Å². The number of hydrogen-bond donors (Lipinski definition) is 1. The summed E-state index contributed by atoms with van der Waals surface area (Å²) in [5, 5.41) is 11.6. The van der Waals surface area contributed by atoms with Gasteiger partial charge in [-0.25, -0.2) is 0 Å². The third-order valence-corrected chi connectivity index (χ3v) is 4.35. The summed E-state index contributed by atoms with van der Waals surface area (Å²) in [5.74, 6) is 1.43. The number of nitrogens with zero attached hydrogens (tertiary/aromatic N) is 5. The maximum atomic E-state index is 4.66. The minimum absolute atomic E-state index is 0.0477. The second kappa shape index (κ2) is 6.73. The van der Waals surface area contributed by atoms with E-state index in [2.05, 4.69) is 76.3 Å². The Labute approximate surface area is 143 Å². The zero-order chi connectivity index (χ0) is 17.2. The molecule has 3 rings (SSSR count). The van der Waals surface area contributed by atoms with Crippen LogP contribution in [0.25, 0.3) is 0 Å². The maximum absolute atomic E-state index is 4.66. The highest BCUT2D eigenvalue weighted by atomic mass is 15.3. The monoisotopic (exact) mass is 326 g/mol. The Kier molecular flexibility index (Phi) is 4.66. The highest BCUT2D eigenvalue weighted by Gasteiger charge is 2.19. The summed E-state index contributed by atoms with van der Waals surface area (Å²) in [6, 6.07) is 8.29. The fraction of sp³-hybridized carbons (Fsp3) is 0.500. The molecule has 1 aliphatic rings. The third-order valence-electron chi connectivity index (χ3n) is 4.35. The lowest BCUT2D eigenvalue weighted by molar-refractivity contribution is 0.312. The summed E-state index contributed by atoms with van der Waals surface area (Å²) in [7, 11) is 2.14. The second-order valence-electron chi connectivity index (χ2n) is 7.35. The molecule has 24 heavy (non-hydrogen) atoms. The third kappa shape index (κ3) is 3.82. The predicted octanol–water partition coefficient (Wildman–Crippen LogP) is 2.66. The first-order chi connectivity index (χ1) is 11.4. The van der Waals surface area contributed by atoms with E-state index in [-0.39, 0.29) is 5.41 Å². The van der Waals surface area contributed by atoms with Crippen LogP contribution in [0.3, 0.4) is 0 Å². The number of rotatable bonds is 3. The highest BCUT2D eigenvalue weighted by Crippen LogP contribution is 2.30. The van der Waals surface area contributed by atoms with Crippen LogP contribution in [0.4, 0.5) is 17.5 Å². The number of piperazine rings is 1. The first-order valence-electron chi connectivity index (χ1n) is 8.43. The number of likely N-dealkylation sites (N-methyl/N-ethyl adjacent to an activating group) is 1. The molecule has 1 saturated heterocycles. The van der Waals surface area contributed by atoms with Crippen LogP contribution in [0.15, 0.2) is 30.5 Å². The van der Waals surface area contributed by atoms with Gasteiger partial charge in [-0.05, 0) is 24.1 Å². The van der Waals surface area contributed by atoms with Gasteiger partial charge in [0.25, 0.3) is 0 Å². The average Bonchev–Trinajstić information content (AvgIpc) is 2.55. The second-order valence-corrected chi connectivity index (χ2v) is 7.35. The number of benzene rings is 1. The van der Waals surface area contributed by atoms with Gasteiger partial charge in [0, 0.05) is 31.9 Å². The maximum Gasteiger partial charge on any atom is 0.249 e. The molecule has 0 saturated carbocycles. The van der Waals surface area contributed by atoms with Crippen molar-refractivity contribution in [2.75, 3.05) is 43.4 Å². The lowest BCUT2D eigenvalue weighted by Crippen LogP contribution is -2.44. The highest BCUT2D eigenvalue weighted by molar-refractivity contribution is 5.61. The number of nitrogens with one attached hydrogen (secondary N) is 1. The molecule has 2 aromatic rings. The summed E-state index contributed by atoms with van der Waals surface area (Å²) in [5.41, 5.74) is 2.31. The van der Waals surface area contributed by atoms with Crippen LogP contribution in [0, 0.1) is 0 Å². The van der Waals surface area contributed by atoms with Crippen molar-refractivity contribution in [1.82, 2.24) is 20.1 Å². The molecule has 0 amide bonds. The van der Waals surface area contributed by atoms with Crippen LogP contribution in [0.1, 0.15) is 26.3 Å². The van der Waals surface area contributed by atoms with E-state index in [1.54, 1.807) is 6.20 Å². The minimum Gasteiger partial charge on any atom is -0.353 e. The van der Waals surface area contributed by atoms with Crippen LogP contribution < -0.4 is 10.2 Å². The lowest BCUT2D eigenvalue weighted by atomic mass is 9.86. The Morgan fingerprint density at radius 3 is 2.46 bits per heavy atom. The van der Waals surface area contributed by atoms with Gasteiger partial charge in [-0.2, -0.15) is 10.1 Å². The van der Waals surface area contributed by atoms with Gasteiger partial charge in [0.15, 0.2) is 5.82 Å². The van der Waals surface area contributed by atoms with E-state index in [0.29, 0.717) is 5.95 Å². The first-order valence-corrected chi connectivity index (χ1v) is 8.43. The smallest absolute Gasteiger partial charge is 0.249 e. The van der Waals surface area contributed by atoms with Gasteiger partial charge in [-0.15, -0.1) is 5.10 Å². The molecule has 0 bridgehead atoms. The van der Waals surface area contributed by atoms with Gasteiger partial charge in [0.05, 0.1) is 6.20 Å². The molecule has 6 nitrogen and oxygen atoms in total. The molecule has 1 N–H and O–H groups in total. The molecule has 0 unspecified atom stereocenters. The van der Waals surface area contributed by atoms with Crippen molar-refractivity contribution in [3.8, 4) is 0 Å². The van der Waals surface area contributed by atoms with Crippen molar-refractivity contribution in [3.05, 3.63) is 36.0 Å². The van der Waals surface area contributed by atoms with E-state index < -0.39 is 0 Å². The average molecular weight is 326 g/mol. The van der Waals surface area contributed by atoms with Crippen LogP contribution >= 0.6 is 0 Å². The molecular formula is C18H26N6. The van der Waals surface area contributed by atoms with Gasteiger partial charge in [0.2, 0.25) is 5.95 Å². The van der Waals surface area contributed by atoms with Crippen LogP contribution in [-0.2, 0) is 5.41 Å². The fourth-order valence-corrected chi connectivity index (χ4v) is 2.90. The van der Waals surface area contributed by atoms with Crippen molar-refractivity contribution in [3.63, 3.8) is 0 Å². The Balaban J connectivity index is 1.81. The summed E-state index contributed by atoms with van der Waals surface area (Å²) in [6.07, 6.45) is 1.74. The zero-order valence-corrected chi connectivity index (χ0v) is 15.0. The lowest BCUT2D eigenvalue weighted by Gasteiger charge is -2.32. The molecule has 6 heteroatoms. The van der Waals surface area contributed by atoms with Gasteiger partial charge < -0.3 is 15.1 Å². The Morgan fingerprint density at radius 1 is 1.04 bits per heavy atom. The molecule has 1 aromatic heterocycles. The van der Waals surface area contributed by atoms with Crippen molar-refractivity contribution in [2.24, 2.45) is 0 Å². The van der Waals surface area contributed by atoms with E-state index in [0.717, 1.165) is 37.7 Å². The van der Waals surface area contributed by atoms with E-state index in [1.165, 1.54) is 5.56 Å². The molecule has 0 radical (unpaired) electrons. The molecule has 128 valence electrons. The molecule has 1 aromatic carbocycles. The Morgan fingerprint density at radius 2 is 1.75 bits per heavy atom. The summed E-state index contributed by atoms with van der Waals surface area (Å²) < 4.78 is 0. The molecule has 0 atom stereocenters. The first kappa shape index (κ1) is 16.6. The van der Waals surface area contributed by atoms with Crippen molar-refractivity contribution < 1.29 is 0 Å². The minimum atomic E-state index is 0.0477. The van der Waals surface area contributed by atoms with Gasteiger partial charge in [0.1, 0.15) is 0 Å². The topological polar surface area (TPSA) is 57.2 Å². The number of hydrogen-bond acceptors (Lipinski definition) is 6. The number of para-hydroxylation sites is 1. The van der Waals surface area contributed by atoms with Crippen molar-refractivity contribution in [1.29, 1.82) is 0 Å². The van der Waals surface area contributed by atoms with Crippen LogP contribution in [-0.4, -0.2) is 53.3 Å². The number of aromatic nitrogens is 3. The van der Waals surface area contributed by atoms with Crippen LogP contribution in [0.5, 0.6) is 0 Å². The van der Waals surface area contributed by atoms with E-state index in [1.807, 2.05) is 6.07 Å². The van der Waals surface area contributed by atoms with Gasteiger partial charge >= 0.3 is 0 Å². The van der Waals surface area contributed by atoms with E-state index in [4.69, 9.17) is 0 Å². The molecule has 2 heterocycles.